The molecule has 0 radical (unpaired) electrons. The molecule has 0 aromatic carbocycles. The number of aromatic amines is 1. The number of H-pyrrole nitrogens is 1. The molecule has 0 bridgehead atoms. The molecular weight excluding hydrogens is 288 g/mol. The first kappa shape index (κ1) is 15.3. The number of nitrogens with zero attached hydrogens (tertiary/aromatic N) is 1. The Morgan fingerprint density at radius 3 is 2.52 bits per heavy atom. The molecule has 1 unspecified atom stereocenters. The Balaban J connectivity index is 2.34. The monoisotopic (exact) mass is 306 g/mol. The highest BCUT2D eigenvalue weighted by atomic mass is 32.1. The molecule has 2 aromatic rings. The molecule has 1 amide bonds. The van der Waals surface area contributed by atoms with E-state index >= 15 is 0 Å². The van der Waals surface area contributed by atoms with Crippen LogP contribution in [0.1, 0.15) is 49.9 Å². The number of carbonyl (C=O) groups excluding carboxylic acids is 1. The van der Waals surface area contributed by atoms with E-state index in [1.54, 1.807) is 37.1 Å². The maximum atomic E-state index is 12.7. The number of hydrogen-bond donors (Lipinski definition) is 2. The smallest absolute Gasteiger partial charge is 0.352 e. The molecule has 2 N–H and O–H groups in total. The van der Waals surface area contributed by atoms with Crippen molar-refractivity contribution in [3.8, 4) is 0 Å². The Kier molecular flexibility index (Phi) is 4.18. The van der Waals surface area contributed by atoms with Crippen LogP contribution >= 0.6 is 11.3 Å². The van der Waals surface area contributed by atoms with Crippen molar-refractivity contribution in [1.29, 1.82) is 0 Å². The van der Waals surface area contributed by atoms with Gasteiger partial charge in [0.2, 0.25) is 0 Å². The van der Waals surface area contributed by atoms with Crippen molar-refractivity contribution in [3.05, 3.63) is 44.9 Å². The van der Waals surface area contributed by atoms with Gasteiger partial charge in [-0.1, -0.05) is 6.07 Å². The van der Waals surface area contributed by atoms with E-state index in [2.05, 4.69) is 4.98 Å². The van der Waals surface area contributed by atoms with Gasteiger partial charge in [-0.05, 0) is 37.8 Å². The fourth-order valence-corrected chi connectivity index (χ4v) is 3.18. The molecule has 2 aromatic heterocycles. The molecule has 2 rings (SSSR count). The van der Waals surface area contributed by atoms with Crippen molar-refractivity contribution in [2.75, 3.05) is 7.05 Å². The van der Waals surface area contributed by atoms with E-state index in [0.717, 1.165) is 4.88 Å². The van der Waals surface area contributed by atoms with Crippen LogP contribution in [0.4, 0.5) is 0 Å². The molecule has 2 heterocycles. The van der Waals surface area contributed by atoms with E-state index < -0.39 is 5.97 Å². The average molecular weight is 306 g/mol. The molecule has 0 saturated carbocycles. The lowest BCUT2D eigenvalue weighted by Gasteiger charge is -2.24. The molecule has 0 aliphatic rings. The van der Waals surface area contributed by atoms with Crippen LogP contribution in [-0.4, -0.2) is 33.9 Å². The molecule has 0 fully saturated rings. The zero-order valence-electron chi connectivity index (χ0n) is 12.4. The van der Waals surface area contributed by atoms with Gasteiger partial charge in [-0.2, -0.15) is 0 Å². The molecular formula is C15H18N2O3S. The lowest BCUT2D eigenvalue weighted by Crippen LogP contribution is -2.30. The van der Waals surface area contributed by atoms with Gasteiger partial charge >= 0.3 is 5.97 Å². The van der Waals surface area contributed by atoms with E-state index in [9.17, 15) is 9.59 Å². The third-order valence-electron chi connectivity index (χ3n) is 3.72. The van der Waals surface area contributed by atoms with Crippen molar-refractivity contribution in [3.63, 3.8) is 0 Å². The predicted molar refractivity (Wildman–Crippen MR) is 82.1 cm³/mol. The standard InChI is InChI=1S/C15H18N2O3S/c1-8-12(9(2)16-13(8)15(19)20)14(18)17(4)10(3)11-6-5-7-21-11/h5-7,10,16H,1-4H3,(H,19,20). The van der Waals surface area contributed by atoms with Crippen LogP contribution in [0.3, 0.4) is 0 Å². The summed E-state index contributed by atoms with van der Waals surface area (Å²) in [6.45, 7) is 5.33. The first-order valence-corrected chi connectivity index (χ1v) is 7.45. The van der Waals surface area contributed by atoms with E-state index in [4.69, 9.17) is 5.11 Å². The third-order valence-corrected chi connectivity index (χ3v) is 4.76. The van der Waals surface area contributed by atoms with Gasteiger partial charge in [0.15, 0.2) is 0 Å². The Labute approximate surface area is 127 Å². The number of carboxylic acid groups (broad SMARTS) is 1. The number of amides is 1. The van der Waals surface area contributed by atoms with E-state index in [1.807, 2.05) is 24.4 Å². The second-order valence-electron chi connectivity index (χ2n) is 5.04. The van der Waals surface area contributed by atoms with Crippen LogP contribution in [0.15, 0.2) is 17.5 Å². The maximum Gasteiger partial charge on any atom is 0.352 e. The van der Waals surface area contributed by atoms with Gasteiger partial charge in [0, 0.05) is 17.6 Å². The minimum Gasteiger partial charge on any atom is -0.477 e. The normalized spacial score (nSPS) is 12.2. The number of thiophene rings is 1. The predicted octanol–water partition coefficient (Wildman–Crippen LogP) is 3.22. The summed E-state index contributed by atoms with van der Waals surface area (Å²) in [6, 6.07) is 3.88. The van der Waals surface area contributed by atoms with Crippen molar-refractivity contribution < 1.29 is 14.7 Å². The van der Waals surface area contributed by atoms with E-state index in [0.29, 0.717) is 16.8 Å². The van der Waals surface area contributed by atoms with Crippen molar-refractivity contribution >= 4 is 23.2 Å². The highest BCUT2D eigenvalue weighted by molar-refractivity contribution is 7.10. The Bertz CT molecular complexity index is 673. The quantitative estimate of drug-likeness (QED) is 0.911. The summed E-state index contributed by atoms with van der Waals surface area (Å²) in [6.07, 6.45) is 0. The number of nitrogens with one attached hydrogen (secondary N) is 1. The SMILES string of the molecule is Cc1[nH]c(C(=O)O)c(C)c1C(=O)N(C)C(C)c1cccs1. The summed E-state index contributed by atoms with van der Waals surface area (Å²) in [7, 11) is 1.74. The molecule has 6 heteroatoms. The third kappa shape index (κ3) is 2.71. The fraction of sp³-hybridized carbons (Fsp3) is 0.333. The van der Waals surface area contributed by atoms with Gasteiger partial charge in [-0.3, -0.25) is 4.79 Å². The summed E-state index contributed by atoms with van der Waals surface area (Å²) in [4.78, 5) is 29.3. The van der Waals surface area contributed by atoms with Gasteiger partial charge in [0.1, 0.15) is 5.69 Å². The molecule has 0 spiro atoms. The fourth-order valence-electron chi connectivity index (χ4n) is 2.36. The number of carbonyl (C=O) groups is 2. The molecule has 0 aliphatic carbocycles. The van der Waals surface area contributed by atoms with E-state index in [1.165, 1.54) is 0 Å². The van der Waals surface area contributed by atoms with Gasteiger partial charge < -0.3 is 15.0 Å². The minimum absolute atomic E-state index is 0.0560. The highest BCUT2D eigenvalue weighted by Crippen LogP contribution is 2.27. The zero-order chi connectivity index (χ0) is 15.7. The summed E-state index contributed by atoms with van der Waals surface area (Å²) >= 11 is 1.59. The van der Waals surface area contributed by atoms with Crippen LogP contribution in [0, 0.1) is 13.8 Å². The molecule has 21 heavy (non-hydrogen) atoms. The van der Waals surface area contributed by atoms with E-state index in [-0.39, 0.29) is 17.6 Å². The Hall–Kier alpha value is -2.08. The molecule has 0 saturated heterocycles. The van der Waals surface area contributed by atoms with Gasteiger partial charge in [-0.25, -0.2) is 4.79 Å². The molecule has 112 valence electrons. The van der Waals surface area contributed by atoms with Gasteiger partial charge in [0.25, 0.3) is 5.91 Å². The first-order chi connectivity index (χ1) is 9.84. The van der Waals surface area contributed by atoms with Crippen molar-refractivity contribution in [1.82, 2.24) is 9.88 Å². The number of hydrogen-bond acceptors (Lipinski definition) is 3. The lowest BCUT2D eigenvalue weighted by molar-refractivity contribution is 0.0690. The second kappa shape index (κ2) is 5.73. The topological polar surface area (TPSA) is 73.4 Å². The molecule has 0 aliphatic heterocycles. The van der Waals surface area contributed by atoms with Crippen LogP contribution in [-0.2, 0) is 0 Å². The van der Waals surface area contributed by atoms with Crippen molar-refractivity contribution in [2.45, 2.75) is 26.8 Å². The molecule has 5 nitrogen and oxygen atoms in total. The highest BCUT2D eigenvalue weighted by Gasteiger charge is 2.26. The number of aromatic nitrogens is 1. The number of aryl methyl sites for hydroxylation is 1. The summed E-state index contributed by atoms with van der Waals surface area (Å²) in [5.41, 5.74) is 1.58. The van der Waals surface area contributed by atoms with Crippen molar-refractivity contribution in [2.24, 2.45) is 0 Å². The number of rotatable bonds is 4. The molecule has 1 atom stereocenters. The Morgan fingerprint density at radius 1 is 1.38 bits per heavy atom. The number of carboxylic acids is 1. The number of aromatic carboxylic acids is 1. The van der Waals surface area contributed by atoms with Crippen LogP contribution < -0.4 is 0 Å². The zero-order valence-corrected chi connectivity index (χ0v) is 13.2. The summed E-state index contributed by atoms with van der Waals surface area (Å²) in [5, 5.41) is 11.1. The summed E-state index contributed by atoms with van der Waals surface area (Å²) in [5.74, 6) is -1.22. The minimum atomic E-state index is -1.05. The largest absolute Gasteiger partial charge is 0.477 e. The van der Waals surface area contributed by atoms with Crippen LogP contribution in [0.2, 0.25) is 0 Å². The maximum absolute atomic E-state index is 12.7. The van der Waals surface area contributed by atoms with Crippen LogP contribution in [0.5, 0.6) is 0 Å². The van der Waals surface area contributed by atoms with Gasteiger partial charge in [0.05, 0.1) is 11.6 Å². The average Bonchev–Trinajstić information content (AvgIpc) is 3.05. The second-order valence-corrected chi connectivity index (χ2v) is 6.02. The Morgan fingerprint density at radius 2 is 2.05 bits per heavy atom. The first-order valence-electron chi connectivity index (χ1n) is 6.57. The lowest BCUT2D eigenvalue weighted by atomic mass is 10.1. The van der Waals surface area contributed by atoms with Crippen LogP contribution in [0.25, 0.3) is 0 Å². The summed E-state index contributed by atoms with van der Waals surface area (Å²) < 4.78 is 0. The van der Waals surface area contributed by atoms with Gasteiger partial charge in [-0.15, -0.1) is 11.3 Å².